The second kappa shape index (κ2) is 9.47. The van der Waals surface area contributed by atoms with Crippen molar-refractivity contribution in [2.45, 2.75) is 57.9 Å². The number of carbonyl (C=O) groups is 2. The lowest BCUT2D eigenvalue weighted by atomic mass is 10.0. The molecule has 0 fully saturated rings. The Balaban J connectivity index is 1.81. The van der Waals surface area contributed by atoms with Gasteiger partial charge in [0.2, 0.25) is 5.91 Å². The summed E-state index contributed by atoms with van der Waals surface area (Å²) in [4.78, 5) is 25.6. The second-order valence-electron chi connectivity index (χ2n) is 8.52. The summed E-state index contributed by atoms with van der Waals surface area (Å²) in [6, 6.07) is 12.0. The monoisotopic (exact) mass is 428 g/mol. The van der Waals surface area contributed by atoms with E-state index in [9.17, 15) is 14.0 Å². The van der Waals surface area contributed by atoms with E-state index in [2.05, 4.69) is 10.6 Å². The van der Waals surface area contributed by atoms with Gasteiger partial charge in [-0.3, -0.25) is 4.79 Å². The van der Waals surface area contributed by atoms with Gasteiger partial charge in [0.25, 0.3) is 0 Å². The first-order valence-corrected chi connectivity index (χ1v) is 10.4. The van der Waals surface area contributed by atoms with Crippen molar-refractivity contribution in [3.8, 4) is 0 Å². The summed E-state index contributed by atoms with van der Waals surface area (Å²) in [7, 11) is 0. The van der Waals surface area contributed by atoms with E-state index in [4.69, 9.17) is 9.47 Å². The summed E-state index contributed by atoms with van der Waals surface area (Å²) in [5, 5.41) is 5.63. The number of hydrogen-bond donors (Lipinski definition) is 2. The van der Waals surface area contributed by atoms with Crippen molar-refractivity contribution in [1.29, 1.82) is 0 Å². The van der Waals surface area contributed by atoms with E-state index in [1.54, 1.807) is 20.8 Å². The molecule has 0 saturated carbocycles. The first-order chi connectivity index (χ1) is 14.7. The molecule has 7 heteroatoms. The molecule has 0 saturated heterocycles. The Bertz CT molecular complexity index is 924. The zero-order chi connectivity index (χ0) is 22.6. The van der Waals surface area contributed by atoms with Crippen LogP contribution in [0.1, 0.15) is 56.5 Å². The van der Waals surface area contributed by atoms with Gasteiger partial charge in [-0.05, 0) is 62.9 Å². The fourth-order valence-corrected chi connectivity index (χ4v) is 3.72. The average Bonchev–Trinajstić information content (AvgIpc) is 3.03. The van der Waals surface area contributed by atoms with Crippen molar-refractivity contribution in [2.24, 2.45) is 0 Å². The van der Waals surface area contributed by atoms with E-state index in [1.807, 2.05) is 31.2 Å². The molecule has 0 aromatic heterocycles. The Morgan fingerprint density at radius 2 is 1.81 bits per heavy atom. The standard InChI is InChI=1S/C24H29FN2O4/c1-5-30-21-18-9-7-6-8-16(18)14-19(21)26-22(28)20(15-10-12-17(25)13-11-15)27-23(29)31-24(2,3)4/h6-13,19-21H,5,14H2,1-4H3,(H,26,28)(H,27,29)/t19?,20-,21?/m0/s1. The Kier molecular flexibility index (Phi) is 6.95. The summed E-state index contributed by atoms with van der Waals surface area (Å²) < 4.78 is 24.7. The predicted octanol–water partition coefficient (Wildman–Crippen LogP) is 4.21. The third-order valence-electron chi connectivity index (χ3n) is 4.97. The van der Waals surface area contributed by atoms with Crippen LogP contribution >= 0.6 is 0 Å². The molecule has 0 heterocycles. The number of rotatable bonds is 6. The topological polar surface area (TPSA) is 76.7 Å². The van der Waals surface area contributed by atoms with Gasteiger partial charge in [-0.15, -0.1) is 0 Å². The molecule has 6 nitrogen and oxygen atoms in total. The van der Waals surface area contributed by atoms with E-state index in [-0.39, 0.29) is 12.1 Å². The summed E-state index contributed by atoms with van der Waals surface area (Å²) in [6.45, 7) is 7.63. The van der Waals surface area contributed by atoms with E-state index in [0.29, 0.717) is 18.6 Å². The summed E-state index contributed by atoms with van der Waals surface area (Å²) >= 11 is 0. The average molecular weight is 429 g/mol. The Morgan fingerprint density at radius 3 is 2.45 bits per heavy atom. The molecular formula is C24H29FN2O4. The van der Waals surface area contributed by atoms with Gasteiger partial charge in [-0.2, -0.15) is 0 Å². The first-order valence-electron chi connectivity index (χ1n) is 10.4. The minimum Gasteiger partial charge on any atom is -0.444 e. The number of benzene rings is 2. The predicted molar refractivity (Wildman–Crippen MR) is 115 cm³/mol. The van der Waals surface area contributed by atoms with Gasteiger partial charge in [0.05, 0.1) is 6.04 Å². The lowest BCUT2D eigenvalue weighted by molar-refractivity contribution is -0.125. The third kappa shape index (κ3) is 5.82. The van der Waals surface area contributed by atoms with Gasteiger partial charge in [-0.25, -0.2) is 9.18 Å². The van der Waals surface area contributed by atoms with Gasteiger partial charge in [0.15, 0.2) is 0 Å². The third-order valence-corrected chi connectivity index (χ3v) is 4.97. The molecule has 2 N–H and O–H groups in total. The highest BCUT2D eigenvalue weighted by molar-refractivity contribution is 5.87. The highest BCUT2D eigenvalue weighted by atomic mass is 19.1. The van der Waals surface area contributed by atoms with Crippen LogP contribution in [-0.2, 0) is 20.7 Å². The molecular weight excluding hydrogens is 399 g/mol. The maximum atomic E-state index is 13.4. The molecule has 3 atom stereocenters. The summed E-state index contributed by atoms with van der Waals surface area (Å²) in [6.07, 6.45) is -0.386. The number of carbonyl (C=O) groups excluding carboxylic acids is 2. The molecule has 2 unspecified atom stereocenters. The molecule has 31 heavy (non-hydrogen) atoms. The molecule has 2 amide bonds. The van der Waals surface area contributed by atoms with Crippen molar-refractivity contribution in [3.05, 3.63) is 71.0 Å². The van der Waals surface area contributed by atoms with Crippen LogP contribution in [-0.4, -0.2) is 30.3 Å². The van der Waals surface area contributed by atoms with Crippen molar-refractivity contribution in [2.75, 3.05) is 6.61 Å². The van der Waals surface area contributed by atoms with Crippen molar-refractivity contribution in [1.82, 2.24) is 10.6 Å². The minimum atomic E-state index is -1.04. The number of nitrogens with one attached hydrogen (secondary N) is 2. The lowest BCUT2D eigenvalue weighted by Gasteiger charge is -2.26. The van der Waals surface area contributed by atoms with Gasteiger partial charge in [0, 0.05) is 6.61 Å². The van der Waals surface area contributed by atoms with Gasteiger partial charge >= 0.3 is 6.09 Å². The molecule has 0 spiro atoms. The number of alkyl carbamates (subject to hydrolysis) is 1. The van der Waals surface area contributed by atoms with Crippen LogP contribution in [0.5, 0.6) is 0 Å². The minimum absolute atomic E-state index is 0.277. The zero-order valence-electron chi connectivity index (χ0n) is 18.3. The normalized spacial score (nSPS) is 18.7. The number of fused-ring (bicyclic) bond motifs is 1. The second-order valence-corrected chi connectivity index (χ2v) is 8.52. The number of amides is 2. The van der Waals surface area contributed by atoms with Crippen molar-refractivity contribution in [3.63, 3.8) is 0 Å². The quantitative estimate of drug-likeness (QED) is 0.723. The number of hydrogen-bond acceptors (Lipinski definition) is 4. The fraction of sp³-hybridized carbons (Fsp3) is 0.417. The fourth-order valence-electron chi connectivity index (χ4n) is 3.72. The van der Waals surface area contributed by atoms with Gasteiger partial charge in [0.1, 0.15) is 23.6 Å². The molecule has 1 aliphatic rings. The maximum absolute atomic E-state index is 13.4. The Hall–Kier alpha value is -2.93. The molecule has 0 bridgehead atoms. The van der Waals surface area contributed by atoms with Crippen molar-refractivity contribution < 1.29 is 23.5 Å². The Morgan fingerprint density at radius 1 is 1.13 bits per heavy atom. The number of halogens is 1. The lowest BCUT2D eigenvalue weighted by Crippen LogP contribution is -2.47. The largest absolute Gasteiger partial charge is 0.444 e. The van der Waals surface area contributed by atoms with Crippen LogP contribution in [0.15, 0.2) is 48.5 Å². The van der Waals surface area contributed by atoms with E-state index >= 15 is 0 Å². The molecule has 166 valence electrons. The maximum Gasteiger partial charge on any atom is 0.408 e. The molecule has 2 aromatic rings. The Labute approximate surface area is 182 Å². The van der Waals surface area contributed by atoms with Crippen LogP contribution in [0.3, 0.4) is 0 Å². The molecule has 3 rings (SSSR count). The van der Waals surface area contributed by atoms with E-state index in [1.165, 1.54) is 24.3 Å². The van der Waals surface area contributed by atoms with Crippen molar-refractivity contribution >= 4 is 12.0 Å². The number of ether oxygens (including phenoxy) is 2. The van der Waals surface area contributed by atoms with Gasteiger partial charge < -0.3 is 20.1 Å². The molecule has 0 radical (unpaired) electrons. The SMILES string of the molecule is CCOC1c2ccccc2CC1NC(=O)[C@@H](NC(=O)OC(C)(C)C)c1ccc(F)cc1. The molecule has 2 aromatic carbocycles. The van der Waals surface area contributed by atoms with Gasteiger partial charge in [-0.1, -0.05) is 36.4 Å². The van der Waals surface area contributed by atoms with Crippen LogP contribution in [0.25, 0.3) is 0 Å². The summed E-state index contributed by atoms with van der Waals surface area (Å²) in [5.41, 5.74) is 1.90. The van der Waals surface area contributed by atoms with Crippen LogP contribution in [0.4, 0.5) is 9.18 Å². The molecule has 1 aliphatic carbocycles. The smallest absolute Gasteiger partial charge is 0.408 e. The van der Waals surface area contributed by atoms with E-state index < -0.39 is 29.5 Å². The van der Waals surface area contributed by atoms with E-state index in [0.717, 1.165) is 11.1 Å². The van der Waals surface area contributed by atoms with Crippen LogP contribution in [0, 0.1) is 5.82 Å². The van der Waals surface area contributed by atoms with Crippen LogP contribution in [0.2, 0.25) is 0 Å². The van der Waals surface area contributed by atoms with Crippen LogP contribution < -0.4 is 10.6 Å². The first kappa shape index (κ1) is 22.7. The highest BCUT2D eigenvalue weighted by Gasteiger charge is 2.36. The molecule has 0 aliphatic heterocycles. The zero-order valence-corrected chi connectivity index (χ0v) is 18.3. The highest BCUT2D eigenvalue weighted by Crippen LogP contribution is 2.34. The summed E-state index contributed by atoms with van der Waals surface area (Å²) in [5.74, 6) is -0.845.